The highest BCUT2D eigenvalue weighted by atomic mass is 32.1. The SMILES string of the molecule is CCC(Cc1nc2c3ccccc3c3ccccc3c2nc1-c1ccccc1)c1ccccc1-c1c(C)ccc2c1c1ccccc1n2-c1cccc2c1sc1ccccc12. The topological polar surface area (TPSA) is 30.7 Å². The molecule has 0 aliphatic heterocycles. The Morgan fingerprint density at radius 1 is 0.525 bits per heavy atom. The number of nitrogens with zero attached hydrogens (tertiary/aromatic N) is 3. The maximum atomic E-state index is 5.67. The minimum absolute atomic E-state index is 0.187. The lowest BCUT2D eigenvalue weighted by Gasteiger charge is -2.22. The number of fused-ring (bicyclic) bond motifs is 12. The van der Waals surface area contributed by atoms with E-state index in [0.717, 1.165) is 51.6 Å². The first kappa shape index (κ1) is 35.8. The predicted octanol–water partition coefficient (Wildman–Crippen LogP) is 15.8. The van der Waals surface area contributed by atoms with Crippen molar-refractivity contribution in [2.75, 3.05) is 0 Å². The fourth-order valence-corrected chi connectivity index (χ4v) is 11.3. The lowest BCUT2D eigenvalue weighted by Crippen LogP contribution is -2.09. The smallest absolute Gasteiger partial charge is 0.0979 e. The Hall–Kier alpha value is -7.14. The summed E-state index contributed by atoms with van der Waals surface area (Å²) in [5.41, 5.74) is 13.9. The molecule has 0 aliphatic carbocycles. The molecule has 0 spiro atoms. The molecule has 4 heteroatoms. The van der Waals surface area contributed by atoms with Gasteiger partial charge in [0.05, 0.1) is 43.8 Å². The van der Waals surface area contributed by atoms with E-state index in [2.05, 4.69) is 200 Å². The van der Waals surface area contributed by atoms with Crippen LogP contribution in [0.3, 0.4) is 0 Å². The fourth-order valence-electron chi connectivity index (χ4n) is 10.1. The van der Waals surface area contributed by atoms with Gasteiger partial charge in [0, 0.05) is 42.6 Å². The maximum absolute atomic E-state index is 5.67. The summed E-state index contributed by atoms with van der Waals surface area (Å²) in [4.78, 5) is 11.2. The van der Waals surface area contributed by atoms with Crippen LogP contribution in [0, 0.1) is 6.92 Å². The summed E-state index contributed by atoms with van der Waals surface area (Å²) < 4.78 is 5.14. The van der Waals surface area contributed by atoms with Gasteiger partial charge in [-0.05, 0) is 83.0 Å². The van der Waals surface area contributed by atoms with Crippen LogP contribution in [0.4, 0.5) is 0 Å². The van der Waals surface area contributed by atoms with Crippen LogP contribution in [0.1, 0.15) is 36.1 Å². The second kappa shape index (κ2) is 14.3. The largest absolute Gasteiger partial charge is 0.308 e. The standard InChI is InChI=1S/C57H41N3S/c1-3-36(34-47-54(37-18-5-4-6-19-37)59-56-44-26-12-9-22-40(44)39-21-8-11-25-43(39)55(56)58-47)38-20-7-10-24-42(38)52-35(2)32-33-49-53(52)46-27-13-15-29-48(46)60(49)50-30-17-28-45-41-23-14-16-31-51(41)61-57(45)50/h4-33,36H,3,34H2,1-2H3. The fraction of sp³-hybridized carbons (Fsp3) is 0.0877. The average molecular weight is 800 g/mol. The first-order valence-electron chi connectivity index (χ1n) is 21.3. The average Bonchev–Trinajstić information content (AvgIpc) is 3.87. The van der Waals surface area contributed by atoms with Gasteiger partial charge < -0.3 is 4.57 Å². The maximum Gasteiger partial charge on any atom is 0.0979 e. The van der Waals surface area contributed by atoms with Crippen LogP contribution in [0.15, 0.2) is 182 Å². The molecule has 12 aromatic rings. The summed E-state index contributed by atoms with van der Waals surface area (Å²) in [6.07, 6.45) is 1.71. The zero-order valence-electron chi connectivity index (χ0n) is 34.1. The molecule has 0 fully saturated rings. The number of hydrogen-bond acceptors (Lipinski definition) is 3. The zero-order valence-corrected chi connectivity index (χ0v) is 34.9. The predicted molar refractivity (Wildman–Crippen MR) is 261 cm³/mol. The molecule has 0 bridgehead atoms. The second-order valence-electron chi connectivity index (χ2n) is 16.3. The molecule has 1 atom stereocenters. The molecular formula is C57H41N3S. The zero-order chi connectivity index (χ0) is 40.6. The molecule has 0 N–H and O–H groups in total. The molecule has 61 heavy (non-hydrogen) atoms. The van der Waals surface area contributed by atoms with Crippen molar-refractivity contribution in [2.45, 2.75) is 32.6 Å². The number of benzene rings is 9. The first-order chi connectivity index (χ1) is 30.2. The van der Waals surface area contributed by atoms with Crippen LogP contribution < -0.4 is 0 Å². The molecule has 3 heterocycles. The van der Waals surface area contributed by atoms with E-state index >= 15 is 0 Å². The van der Waals surface area contributed by atoms with Crippen molar-refractivity contribution in [3.8, 4) is 28.1 Å². The summed E-state index contributed by atoms with van der Waals surface area (Å²) in [6, 6.07) is 66.3. The molecule has 290 valence electrons. The quantitative estimate of drug-likeness (QED) is 0.150. The lowest BCUT2D eigenvalue weighted by molar-refractivity contribution is 0.652. The van der Waals surface area contributed by atoms with Crippen LogP contribution in [0.5, 0.6) is 0 Å². The van der Waals surface area contributed by atoms with E-state index in [1.165, 1.54) is 80.7 Å². The van der Waals surface area contributed by atoms with Crippen molar-refractivity contribution >= 4 is 85.9 Å². The Kier molecular flexibility index (Phi) is 8.36. The van der Waals surface area contributed by atoms with Crippen LogP contribution in [-0.2, 0) is 6.42 Å². The van der Waals surface area contributed by atoms with Gasteiger partial charge in [-0.1, -0.05) is 165 Å². The highest BCUT2D eigenvalue weighted by Gasteiger charge is 2.25. The van der Waals surface area contributed by atoms with E-state index in [9.17, 15) is 0 Å². The van der Waals surface area contributed by atoms with E-state index < -0.39 is 0 Å². The van der Waals surface area contributed by atoms with Crippen LogP contribution in [0.25, 0.3) is 103 Å². The molecule has 12 rings (SSSR count). The molecule has 3 nitrogen and oxygen atoms in total. The van der Waals surface area contributed by atoms with E-state index in [-0.39, 0.29) is 5.92 Å². The molecule has 3 aromatic heterocycles. The second-order valence-corrected chi connectivity index (χ2v) is 17.4. The summed E-state index contributed by atoms with van der Waals surface area (Å²) in [6.45, 7) is 4.61. The van der Waals surface area contributed by atoms with Crippen LogP contribution in [-0.4, -0.2) is 14.5 Å². The Labute approximate surface area is 358 Å². The highest BCUT2D eigenvalue weighted by molar-refractivity contribution is 7.26. The van der Waals surface area contributed by atoms with Gasteiger partial charge in [0.1, 0.15) is 0 Å². The van der Waals surface area contributed by atoms with E-state index in [4.69, 9.17) is 9.97 Å². The molecule has 0 saturated heterocycles. The van der Waals surface area contributed by atoms with Gasteiger partial charge in [-0.3, -0.25) is 0 Å². The van der Waals surface area contributed by atoms with Gasteiger partial charge in [0.2, 0.25) is 0 Å². The molecule has 1 unspecified atom stereocenters. The Morgan fingerprint density at radius 2 is 1.15 bits per heavy atom. The minimum atomic E-state index is 0.187. The lowest BCUT2D eigenvalue weighted by atomic mass is 9.83. The summed E-state index contributed by atoms with van der Waals surface area (Å²) in [7, 11) is 0. The monoisotopic (exact) mass is 799 g/mol. The third-order valence-electron chi connectivity index (χ3n) is 12.9. The van der Waals surface area contributed by atoms with E-state index in [1.54, 1.807) is 0 Å². The van der Waals surface area contributed by atoms with Crippen molar-refractivity contribution in [3.05, 3.63) is 199 Å². The molecule has 0 aliphatic rings. The third kappa shape index (κ3) is 5.56. The van der Waals surface area contributed by atoms with Crippen molar-refractivity contribution in [1.29, 1.82) is 0 Å². The molecule has 0 radical (unpaired) electrons. The minimum Gasteiger partial charge on any atom is -0.308 e. The van der Waals surface area contributed by atoms with Crippen LogP contribution in [0.2, 0.25) is 0 Å². The summed E-state index contributed by atoms with van der Waals surface area (Å²) in [5.74, 6) is 0.187. The van der Waals surface area contributed by atoms with Crippen molar-refractivity contribution in [3.63, 3.8) is 0 Å². The molecule has 0 saturated carbocycles. The van der Waals surface area contributed by atoms with Gasteiger partial charge in [-0.2, -0.15) is 0 Å². The Morgan fingerprint density at radius 3 is 1.92 bits per heavy atom. The normalized spacial score (nSPS) is 12.5. The van der Waals surface area contributed by atoms with Crippen molar-refractivity contribution < 1.29 is 0 Å². The number of aryl methyl sites for hydroxylation is 1. The number of hydrogen-bond donors (Lipinski definition) is 0. The summed E-state index contributed by atoms with van der Waals surface area (Å²) in [5, 5.41) is 9.88. The van der Waals surface area contributed by atoms with Gasteiger partial charge in [-0.25, -0.2) is 9.97 Å². The highest BCUT2D eigenvalue weighted by Crippen LogP contribution is 2.46. The third-order valence-corrected chi connectivity index (χ3v) is 14.2. The molecule has 0 amide bonds. The number of thiophene rings is 1. The van der Waals surface area contributed by atoms with Gasteiger partial charge in [0.15, 0.2) is 0 Å². The molecule has 9 aromatic carbocycles. The number of para-hydroxylation sites is 1. The van der Waals surface area contributed by atoms with Crippen molar-refractivity contribution in [2.24, 2.45) is 0 Å². The van der Waals surface area contributed by atoms with Gasteiger partial charge >= 0.3 is 0 Å². The Balaban J connectivity index is 1.07. The van der Waals surface area contributed by atoms with Crippen LogP contribution >= 0.6 is 11.3 Å². The number of aromatic nitrogens is 3. The van der Waals surface area contributed by atoms with Gasteiger partial charge in [-0.15, -0.1) is 11.3 Å². The van der Waals surface area contributed by atoms with Gasteiger partial charge in [0.25, 0.3) is 0 Å². The number of rotatable bonds is 7. The van der Waals surface area contributed by atoms with Crippen molar-refractivity contribution in [1.82, 2.24) is 14.5 Å². The van der Waals surface area contributed by atoms with E-state index in [1.807, 2.05) is 11.3 Å². The van der Waals surface area contributed by atoms with E-state index in [0.29, 0.717) is 0 Å². The first-order valence-corrected chi connectivity index (χ1v) is 22.2. The Bertz CT molecular complexity index is 3690. The molecular weight excluding hydrogens is 759 g/mol. The summed E-state index contributed by atoms with van der Waals surface area (Å²) >= 11 is 1.89.